The molecule has 0 radical (unpaired) electrons. The Morgan fingerprint density at radius 3 is 2.00 bits per heavy atom. The molecule has 0 N–H and O–H groups in total. The summed E-state index contributed by atoms with van der Waals surface area (Å²) in [6.45, 7) is 4.51. The third kappa shape index (κ3) is 9.56. The first-order valence-electron chi connectivity index (χ1n) is 15.2. The number of carbonyl (C=O) groups excluding carboxylic acids is 5. The fraction of sp³-hybridized carbons (Fsp3) is 0.394. The molecule has 4 rings (SSSR count). The first-order valence-corrected chi connectivity index (χ1v) is 15.2. The van der Waals surface area contributed by atoms with E-state index in [-0.39, 0.29) is 41.1 Å². The van der Waals surface area contributed by atoms with Crippen LogP contribution in [-0.4, -0.2) is 79.2 Å². The summed E-state index contributed by atoms with van der Waals surface area (Å²) < 4.78 is 44.9. The van der Waals surface area contributed by atoms with E-state index in [0.717, 1.165) is 40.9 Å². The quantitative estimate of drug-likeness (QED) is 0.0618. The monoisotopic (exact) mass is 715 g/mol. The van der Waals surface area contributed by atoms with Crippen molar-refractivity contribution in [3.63, 3.8) is 0 Å². The van der Waals surface area contributed by atoms with Gasteiger partial charge in [-0.1, -0.05) is 12.1 Å². The van der Waals surface area contributed by atoms with Gasteiger partial charge in [-0.2, -0.15) is 0 Å². The van der Waals surface area contributed by atoms with Gasteiger partial charge in [0.15, 0.2) is 18.3 Å². The van der Waals surface area contributed by atoms with Crippen molar-refractivity contribution < 1.29 is 71.5 Å². The molecule has 51 heavy (non-hydrogen) atoms. The average molecular weight is 716 g/mol. The summed E-state index contributed by atoms with van der Waals surface area (Å²) in [6.07, 6.45) is -6.39. The van der Waals surface area contributed by atoms with Crippen LogP contribution in [0.5, 0.6) is 11.5 Å². The smallest absolute Gasteiger partial charge is 0.308 e. The lowest BCUT2D eigenvalue weighted by molar-refractivity contribution is -0.757. The maximum absolute atomic E-state index is 14.0. The van der Waals surface area contributed by atoms with Gasteiger partial charge in [0.25, 0.3) is 5.09 Å². The van der Waals surface area contributed by atoms with Gasteiger partial charge < -0.3 is 42.4 Å². The number of carbonyl (C=O) groups is 5. The van der Waals surface area contributed by atoms with Crippen LogP contribution in [-0.2, 0) is 52.5 Å². The molecule has 0 saturated carbocycles. The minimum atomic E-state index is -1.60. The summed E-state index contributed by atoms with van der Waals surface area (Å²) >= 11 is 0. The lowest BCUT2D eigenvalue weighted by Crippen LogP contribution is -2.59. The number of ether oxygens (including phenoxy) is 7. The van der Waals surface area contributed by atoms with E-state index in [1.54, 1.807) is 12.1 Å². The summed E-state index contributed by atoms with van der Waals surface area (Å²) in [4.78, 5) is 89.5. The van der Waals surface area contributed by atoms with Crippen LogP contribution in [0.2, 0.25) is 0 Å². The molecule has 0 amide bonds. The molecule has 1 aliphatic heterocycles. The van der Waals surface area contributed by atoms with Gasteiger partial charge in [-0.15, -0.1) is 10.1 Å². The van der Waals surface area contributed by atoms with Gasteiger partial charge in [0.2, 0.25) is 5.43 Å². The zero-order valence-corrected chi connectivity index (χ0v) is 27.9. The van der Waals surface area contributed by atoms with Gasteiger partial charge in [-0.3, -0.25) is 28.8 Å². The SMILES string of the molecule is CC(=O)OC[C@H]1O[C@@H](c2c(OC(C)=O)ccc3c(=O)c(-c4ccc(OCCO[N+](=O)[O-])cc4)coc23)[C@H](OC(C)=O)[C@@H](OC(C)=O)[C@@H]1OC(C)=O. The molecule has 2 heterocycles. The second-order valence-corrected chi connectivity index (χ2v) is 11.0. The van der Waals surface area contributed by atoms with Gasteiger partial charge in [0.05, 0.1) is 16.5 Å². The third-order valence-corrected chi connectivity index (χ3v) is 7.18. The Morgan fingerprint density at radius 2 is 1.41 bits per heavy atom. The Bertz CT molecular complexity index is 1870. The predicted octanol–water partition coefficient (Wildman–Crippen LogP) is 2.77. The van der Waals surface area contributed by atoms with Crippen LogP contribution >= 0.6 is 0 Å². The van der Waals surface area contributed by atoms with Crippen LogP contribution in [0.3, 0.4) is 0 Å². The summed E-state index contributed by atoms with van der Waals surface area (Å²) in [6, 6.07) is 8.78. The predicted molar refractivity (Wildman–Crippen MR) is 169 cm³/mol. The van der Waals surface area contributed by atoms with Crippen molar-refractivity contribution in [2.45, 2.75) is 65.1 Å². The van der Waals surface area contributed by atoms with Crippen LogP contribution in [0.15, 0.2) is 51.9 Å². The van der Waals surface area contributed by atoms with Gasteiger partial charge in [0, 0.05) is 34.6 Å². The molecular weight excluding hydrogens is 682 g/mol. The topological polar surface area (TPSA) is 233 Å². The van der Waals surface area contributed by atoms with Crippen LogP contribution < -0.4 is 14.9 Å². The maximum Gasteiger partial charge on any atom is 0.308 e. The minimum absolute atomic E-state index is 0.0384. The number of rotatable bonds is 13. The van der Waals surface area contributed by atoms with E-state index in [1.807, 2.05) is 0 Å². The highest BCUT2D eigenvalue weighted by molar-refractivity contribution is 5.87. The van der Waals surface area contributed by atoms with E-state index in [1.165, 1.54) is 24.3 Å². The summed E-state index contributed by atoms with van der Waals surface area (Å²) in [7, 11) is 0. The van der Waals surface area contributed by atoms with Crippen LogP contribution in [0, 0.1) is 10.1 Å². The number of hydrogen-bond acceptors (Lipinski definition) is 17. The fourth-order valence-electron chi connectivity index (χ4n) is 5.38. The first-order chi connectivity index (χ1) is 24.2. The van der Waals surface area contributed by atoms with Crippen molar-refractivity contribution in [2.24, 2.45) is 0 Å². The summed E-state index contributed by atoms with van der Waals surface area (Å²) in [5.41, 5.74) is -0.347. The molecule has 3 aromatic rings. The number of fused-ring (bicyclic) bond motifs is 1. The van der Waals surface area contributed by atoms with E-state index in [2.05, 4.69) is 4.84 Å². The Balaban J connectivity index is 1.87. The van der Waals surface area contributed by atoms with Crippen molar-refractivity contribution in [1.29, 1.82) is 0 Å². The second kappa shape index (κ2) is 16.6. The van der Waals surface area contributed by atoms with Crippen molar-refractivity contribution in [1.82, 2.24) is 0 Å². The zero-order valence-electron chi connectivity index (χ0n) is 27.9. The lowest BCUT2D eigenvalue weighted by Gasteiger charge is -2.44. The van der Waals surface area contributed by atoms with E-state index in [4.69, 9.17) is 37.6 Å². The van der Waals surface area contributed by atoms with Crippen LogP contribution in [0.25, 0.3) is 22.1 Å². The van der Waals surface area contributed by atoms with Crippen molar-refractivity contribution in [3.05, 3.63) is 68.6 Å². The lowest BCUT2D eigenvalue weighted by atomic mass is 9.89. The van der Waals surface area contributed by atoms with Crippen molar-refractivity contribution in [2.75, 3.05) is 19.8 Å². The van der Waals surface area contributed by atoms with E-state index < -0.39 is 77.5 Å². The highest BCUT2D eigenvalue weighted by Crippen LogP contribution is 2.44. The van der Waals surface area contributed by atoms with E-state index in [0.29, 0.717) is 11.3 Å². The molecule has 2 aromatic carbocycles. The summed E-state index contributed by atoms with van der Waals surface area (Å²) in [5, 5.41) is 9.35. The van der Waals surface area contributed by atoms with Gasteiger partial charge in [-0.25, -0.2) is 0 Å². The molecule has 5 atom stereocenters. The Kier molecular flexibility index (Phi) is 12.3. The highest BCUT2D eigenvalue weighted by atomic mass is 17.0. The molecule has 272 valence electrons. The molecule has 0 aliphatic carbocycles. The van der Waals surface area contributed by atoms with Crippen molar-refractivity contribution >= 4 is 40.8 Å². The molecule has 1 aliphatic rings. The van der Waals surface area contributed by atoms with Crippen molar-refractivity contribution in [3.8, 4) is 22.6 Å². The first kappa shape index (κ1) is 37.8. The number of benzene rings is 2. The molecule has 0 spiro atoms. The minimum Gasteiger partial charge on any atom is -0.492 e. The standard InChI is InChI=1S/C33H33NO17/c1-16(35)44-15-26-30(48-18(3)37)32(49-19(4)38)33(50-20(5)39)31(51-26)27-25(47-17(2)36)11-10-23-28(40)24(14-45-29(23)27)21-6-8-22(9-7-21)43-12-13-46-34(41)42/h6-11,14,26,30-33H,12-13,15H2,1-5H3/t26-,30-,31+,32+,33+/m1/s1. The maximum atomic E-state index is 14.0. The molecule has 0 unspecified atom stereocenters. The van der Waals surface area contributed by atoms with Gasteiger partial charge in [-0.05, 0) is 29.8 Å². The van der Waals surface area contributed by atoms with Gasteiger partial charge in [0.1, 0.15) is 55.4 Å². The molecular formula is C33H33NO17. The Morgan fingerprint density at radius 1 is 0.784 bits per heavy atom. The summed E-state index contributed by atoms with van der Waals surface area (Å²) in [5.74, 6) is -3.93. The molecule has 0 bridgehead atoms. The molecule has 18 nitrogen and oxygen atoms in total. The number of nitrogens with zero attached hydrogens (tertiary/aromatic N) is 1. The van der Waals surface area contributed by atoms with E-state index in [9.17, 15) is 38.9 Å². The Labute approximate surface area is 288 Å². The van der Waals surface area contributed by atoms with Crippen LogP contribution in [0.4, 0.5) is 0 Å². The number of hydrogen-bond donors (Lipinski definition) is 0. The molecule has 1 aromatic heterocycles. The largest absolute Gasteiger partial charge is 0.492 e. The Hall–Kier alpha value is -6.04. The molecule has 1 fully saturated rings. The zero-order chi connectivity index (χ0) is 37.4. The third-order valence-electron chi connectivity index (χ3n) is 7.18. The molecule has 18 heteroatoms. The average Bonchev–Trinajstić information content (AvgIpc) is 3.04. The highest BCUT2D eigenvalue weighted by Gasteiger charge is 2.54. The fourth-order valence-corrected chi connectivity index (χ4v) is 5.38. The van der Waals surface area contributed by atoms with Crippen LogP contribution in [0.1, 0.15) is 46.3 Å². The van der Waals surface area contributed by atoms with Gasteiger partial charge >= 0.3 is 29.8 Å². The number of esters is 5. The second-order valence-electron chi connectivity index (χ2n) is 11.0. The normalized spacial score (nSPS) is 19.7. The van der Waals surface area contributed by atoms with E-state index >= 15 is 0 Å². The molecule has 1 saturated heterocycles.